The quantitative estimate of drug-likeness (QED) is 0.941. The highest BCUT2D eigenvalue weighted by molar-refractivity contribution is 7.17. The lowest BCUT2D eigenvalue weighted by atomic mass is 10.1. The van der Waals surface area contributed by atoms with Crippen molar-refractivity contribution in [3.63, 3.8) is 0 Å². The van der Waals surface area contributed by atoms with Gasteiger partial charge in [-0.2, -0.15) is 0 Å². The number of hydrogen-bond donors (Lipinski definition) is 1. The summed E-state index contributed by atoms with van der Waals surface area (Å²) in [5.41, 5.74) is 2.46. The number of hydrogen-bond acceptors (Lipinski definition) is 5. The molecule has 0 aliphatic carbocycles. The van der Waals surface area contributed by atoms with Crippen LogP contribution >= 0.6 is 11.3 Å². The third-order valence-corrected chi connectivity index (χ3v) is 6.09. The smallest absolute Gasteiger partial charge is 0.0830 e. The Morgan fingerprint density at radius 1 is 1.18 bits per heavy atom. The maximum absolute atomic E-state index is 9.54. The monoisotopic (exact) mass is 317 g/mol. The minimum atomic E-state index is 0.303. The Balaban J connectivity index is 1.57. The molecule has 2 aliphatic rings. The number of thiophene rings is 1. The minimum absolute atomic E-state index is 0.303. The molecule has 0 aromatic carbocycles. The van der Waals surface area contributed by atoms with E-state index in [0.717, 1.165) is 31.6 Å². The molecule has 0 amide bonds. The van der Waals surface area contributed by atoms with E-state index in [2.05, 4.69) is 32.3 Å². The molecule has 2 unspecified atom stereocenters. The summed E-state index contributed by atoms with van der Waals surface area (Å²) in [5.74, 6) is 0. The van der Waals surface area contributed by atoms with Crippen molar-refractivity contribution >= 4 is 27.2 Å². The van der Waals surface area contributed by atoms with Crippen LogP contribution in [0.3, 0.4) is 0 Å². The van der Waals surface area contributed by atoms with Crippen molar-refractivity contribution < 1.29 is 5.11 Å². The number of aliphatic hydroxyl groups is 1. The first-order valence-electron chi connectivity index (χ1n) is 8.30. The molecule has 2 saturated heterocycles. The van der Waals surface area contributed by atoms with Gasteiger partial charge in [0.1, 0.15) is 0 Å². The van der Waals surface area contributed by atoms with Crippen molar-refractivity contribution in [1.82, 2.24) is 9.88 Å². The molecular formula is C17H23N3OS. The van der Waals surface area contributed by atoms with Gasteiger partial charge >= 0.3 is 0 Å². The Kier molecular flexibility index (Phi) is 4.03. The molecule has 22 heavy (non-hydrogen) atoms. The van der Waals surface area contributed by atoms with Gasteiger partial charge in [0.2, 0.25) is 0 Å². The zero-order chi connectivity index (χ0) is 14.9. The third kappa shape index (κ3) is 2.51. The highest BCUT2D eigenvalue weighted by Gasteiger charge is 2.32. The second-order valence-corrected chi connectivity index (χ2v) is 7.34. The molecule has 0 spiro atoms. The van der Waals surface area contributed by atoms with Gasteiger partial charge in [-0.15, -0.1) is 11.3 Å². The number of aromatic nitrogens is 1. The number of nitrogens with zero attached hydrogens (tertiary/aromatic N) is 3. The van der Waals surface area contributed by atoms with E-state index in [1.165, 1.54) is 29.6 Å². The van der Waals surface area contributed by atoms with E-state index in [4.69, 9.17) is 0 Å². The average molecular weight is 317 g/mol. The van der Waals surface area contributed by atoms with Gasteiger partial charge in [0, 0.05) is 31.4 Å². The second-order valence-electron chi connectivity index (χ2n) is 6.43. The SMILES string of the molecule is OCC1CCCN1CC1CCCN1c1ccnc2ccsc12. The van der Waals surface area contributed by atoms with Crippen molar-refractivity contribution in [2.75, 3.05) is 31.1 Å². The molecule has 4 nitrogen and oxygen atoms in total. The van der Waals surface area contributed by atoms with E-state index in [0.29, 0.717) is 18.7 Å². The number of anilines is 1. The maximum atomic E-state index is 9.54. The van der Waals surface area contributed by atoms with Crippen molar-refractivity contribution in [3.8, 4) is 0 Å². The standard InChI is InChI=1S/C17H23N3OS/c21-12-14-4-1-8-19(14)11-13-3-2-9-20(13)16-5-7-18-15-6-10-22-17(15)16/h5-7,10,13-14,21H,1-4,8-9,11-12H2. The zero-order valence-corrected chi connectivity index (χ0v) is 13.6. The predicted molar refractivity (Wildman–Crippen MR) is 91.7 cm³/mol. The average Bonchev–Trinajstić information content (AvgIpc) is 3.27. The Morgan fingerprint density at radius 3 is 2.95 bits per heavy atom. The number of rotatable bonds is 4. The number of aliphatic hydroxyl groups excluding tert-OH is 1. The normalized spacial score (nSPS) is 26.3. The molecule has 4 heterocycles. The zero-order valence-electron chi connectivity index (χ0n) is 12.8. The van der Waals surface area contributed by atoms with Crippen molar-refractivity contribution in [3.05, 3.63) is 23.7 Å². The van der Waals surface area contributed by atoms with Gasteiger partial charge in [-0.3, -0.25) is 9.88 Å². The van der Waals surface area contributed by atoms with E-state index in [1.54, 1.807) is 11.3 Å². The highest BCUT2D eigenvalue weighted by atomic mass is 32.1. The summed E-state index contributed by atoms with van der Waals surface area (Å²) in [6.45, 7) is 3.66. The van der Waals surface area contributed by atoms with Crippen LogP contribution in [0, 0.1) is 0 Å². The molecule has 2 aliphatic heterocycles. The fourth-order valence-corrected chi connectivity index (χ4v) is 4.92. The Morgan fingerprint density at radius 2 is 2.05 bits per heavy atom. The predicted octanol–water partition coefficient (Wildman–Crippen LogP) is 2.72. The summed E-state index contributed by atoms with van der Waals surface area (Å²) in [4.78, 5) is 9.54. The minimum Gasteiger partial charge on any atom is -0.395 e. The Hall–Kier alpha value is -1.17. The number of likely N-dealkylation sites (tertiary alicyclic amines) is 1. The molecule has 2 atom stereocenters. The van der Waals surface area contributed by atoms with Crippen molar-refractivity contribution in [1.29, 1.82) is 0 Å². The first-order chi connectivity index (χ1) is 10.9. The van der Waals surface area contributed by atoms with Crippen LogP contribution < -0.4 is 4.90 Å². The van der Waals surface area contributed by atoms with Crippen LogP contribution in [0.1, 0.15) is 25.7 Å². The van der Waals surface area contributed by atoms with Gasteiger partial charge in [-0.25, -0.2) is 0 Å². The van der Waals surface area contributed by atoms with Crippen molar-refractivity contribution in [2.45, 2.75) is 37.8 Å². The summed E-state index contributed by atoms with van der Waals surface area (Å²) in [7, 11) is 0. The van der Waals surface area contributed by atoms with Gasteiger partial charge in [0.15, 0.2) is 0 Å². The van der Waals surface area contributed by atoms with Gasteiger partial charge in [0.05, 0.1) is 22.5 Å². The van der Waals surface area contributed by atoms with E-state index in [-0.39, 0.29) is 0 Å². The number of pyridine rings is 1. The topological polar surface area (TPSA) is 39.6 Å². The molecule has 0 saturated carbocycles. The van der Waals surface area contributed by atoms with Gasteiger partial charge in [-0.1, -0.05) is 0 Å². The molecule has 2 aromatic heterocycles. The van der Waals surface area contributed by atoms with E-state index in [1.807, 2.05) is 6.20 Å². The third-order valence-electron chi connectivity index (χ3n) is 5.16. The van der Waals surface area contributed by atoms with Crippen LogP contribution in [0.15, 0.2) is 23.7 Å². The molecule has 2 aromatic rings. The van der Waals surface area contributed by atoms with Gasteiger partial charge < -0.3 is 10.0 Å². The first kappa shape index (κ1) is 14.4. The molecule has 0 bridgehead atoms. The lowest BCUT2D eigenvalue weighted by molar-refractivity contribution is 0.153. The molecule has 1 N–H and O–H groups in total. The summed E-state index contributed by atoms with van der Waals surface area (Å²) >= 11 is 1.79. The number of fused-ring (bicyclic) bond motifs is 1. The summed E-state index contributed by atoms with van der Waals surface area (Å²) in [6.07, 6.45) is 6.82. The van der Waals surface area contributed by atoms with Crippen molar-refractivity contribution in [2.24, 2.45) is 0 Å². The summed E-state index contributed by atoms with van der Waals surface area (Å²) in [5, 5.41) is 11.7. The fraction of sp³-hybridized carbons (Fsp3) is 0.588. The van der Waals surface area contributed by atoms with Crippen LogP contribution in [-0.4, -0.2) is 53.3 Å². The summed E-state index contributed by atoms with van der Waals surface area (Å²) in [6, 6.07) is 5.23. The summed E-state index contributed by atoms with van der Waals surface area (Å²) < 4.78 is 1.31. The maximum Gasteiger partial charge on any atom is 0.0830 e. The van der Waals surface area contributed by atoms with E-state index < -0.39 is 0 Å². The lowest BCUT2D eigenvalue weighted by Gasteiger charge is -2.32. The highest BCUT2D eigenvalue weighted by Crippen LogP contribution is 2.35. The van der Waals surface area contributed by atoms with E-state index in [9.17, 15) is 5.11 Å². The Bertz CT molecular complexity index is 644. The van der Waals surface area contributed by atoms with Crippen LogP contribution in [0.25, 0.3) is 10.2 Å². The fourth-order valence-electron chi connectivity index (χ4n) is 4.04. The molecular weight excluding hydrogens is 294 g/mol. The molecule has 2 fully saturated rings. The van der Waals surface area contributed by atoms with Gasteiger partial charge in [-0.05, 0) is 49.7 Å². The molecule has 4 rings (SSSR count). The Labute approximate surface area is 135 Å². The van der Waals surface area contributed by atoms with Crippen LogP contribution in [0.5, 0.6) is 0 Å². The van der Waals surface area contributed by atoms with Crippen LogP contribution in [0.2, 0.25) is 0 Å². The second kappa shape index (κ2) is 6.14. The van der Waals surface area contributed by atoms with Crippen LogP contribution in [0.4, 0.5) is 5.69 Å². The first-order valence-corrected chi connectivity index (χ1v) is 9.18. The molecule has 0 radical (unpaired) electrons. The molecule has 118 valence electrons. The van der Waals surface area contributed by atoms with Crippen LogP contribution in [-0.2, 0) is 0 Å². The largest absolute Gasteiger partial charge is 0.395 e. The van der Waals surface area contributed by atoms with E-state index >= 15 is 0 Å². The van der Waals surface area contributed by atoms with Gasteiger partial charge in [0.25, 0.3) is 0 Å². The lowest BCUT2D eigenvalue weighted by Crippen LogP contribution is -2.43. The molecule has 5 heteroatoms.